The molecule has 0 saturated carbocycles. The summed E-state index contributed by atoms with van der Waals surface area (Å²) in [5.41, 5.74) is 1.82. The molecule has 2 nitrogen and oxygen atoms in total. The van der Waals surface area contributed by atoms with Crippen molar-refractivity contribution in [3.8, 4) is 0 Å². The number of rotatable bonds is 5. The van der Waals surface area contributed by atoms with Crippen LogP contribution in [0.4, 0.5) is 11.4 Å². The summed E-state index contributed by atoms with van der Waals surface area (Å²) in [5.74, 6) is 0. The number of hydrogen-bond acceptors (Lipinski definition) is 2. The maximum Gasteiger partial charge on any atom is 0.135 e. The Morgan fingerprint density at radius 3 is 1.52 bits per heavy atom. The first-order valence-electron chi connectivity index (χ1n) is 9.07. The van der Waals surface area contributed by atoms with Crippen molar-refractivity contribution in [2.24, 2.45) is 10.2 Å². The fourth-order valence-corrected chi connectivity index (χ4v) is 6.34. The van der Waals surface area contributed by atoms with Crippen LogP contribution in [-0.2, 0) is 0 Å². The van der Waals surface area contributed by atoms with Gasteiger partial charge in [0.05, 0.1) is 11.4 Å². The lowest BCUT2D eigenvalue weighted by atomic mass is 10.3. The first kappa shape index (κ1) is 17.1. The molecule has 0 aromatic heterocycles. The van der Waals surface area contributed by atoms with Gasteiger partial charge in [-0.2, -0.15) is 10.2 Å². The van der Waals surface area contributed by atoms with Gasteiger partial charge in [-0.3, -0.25) is 0 Å². The van der Waals surface area contributed by atoms with E-state index in [2.05, 4.69) is 89.1 Å². The molecular weight excluding hydrogens is 344 g/mol. The zero-order valence-corrected chi connectivity index (χ0v) is 16.1. The van der Waals surface area contributed by atoms with Crippen LogP contribution in [-0.4, -0.2) is 8.80 Å². The molecule has 4 rings (SSSR count). The minimum atomic E-state index is -1.63. The van der Waals surface area contributed by atoms with Crippen LogP contribution in [0.3, 0.4) is 0 Å². The maximum atomic E-state index is 4.61. The molecule has 0 aliphatic heterocycles. The van der Waals surface area contributed by atoms with E-state index in [1.165, 1.54) is 15.6 Å². The fraction of sp³-hybridized carbons (Fsp3) is 0. The van der Waals surface area contributed by atoms with Crippen LogP contribution in [0.2, 0.25) is 0 Å². The van der Waals surface area contributed by atoms with Gasteiger partial charge in [-0.25, -0.2) is 0 Å². The van der Waals surface area contributed by atoms with Crippen LogP contribution in [0.25, 0.3) is 0 Å². The summed E-state index contributed by atoms with van der Waals surface area (Å²) in [6, 6.07) is 39.8. The van der Waals surface area contributed by atoms with Crippen molar-refractivity contribution in [1.82, 2.24) is 0 Å². The minimum absolute atomic E-state index is 0.866. The summed E-state index contributed by atoms with van der Waals surface area (Å²) < 4.78 is 0. The summed E-state index contributed by atoms with van der Waals surface area (Å²) in [7, 11) is -1.63. The zero-order chi connectivity index (χ0) is 18.3. The molecule has 3 heteroatoms. The van der Waals surface area contributed by atoms with Gasteiger partial charge >= 0.3 is 0 Å². The third-order valence-electron chi connectivity index (χ3n) is 4.54. The van der Waals surface area contributed by atoms with Crippen molar-refractivity contribution in [2.45, 2.75) is 0 Å². The van der Waals surface area contributed by atoms with E-state index in [4.69, 9.17) is 0 Å². The summed E-state index contributed by atoms with van der Waals surface area (Å²) in [4.78, 5) is 0. The highest BCUT2D eigenvalue weighted by molar-refractivity contribution is 6.96. The molecule has 0 saturated heterocycles. The van der Waals surface area contributed by atoms with Crippen molar-refractivity contribution < 1.29 is 0 Å². The molecule has 0 radical (unpaired) electrons. The molecule has 0 N–H and O–H groups in total. The number of hydrogen-bond donors (Lipinski definition) is 0. The molecule has 0 amide bonds. The van der Waals surface area contributed by atoms with E-state index in [1.807, 2.05) is 36.4 Å². The summed E-state index contributed by atoms with van der Waals surface area (Å²) in [5, 5.41) is 13.1. The van der Waals surface area contributed by atoms with E-state index in [1.54, 1.807) is 0 Å². The minimum Gasteiger partial charge on any atom is -0.151 e. The van der Waals surface area contributed by atoms with Crippen molar-refractivity contribution >= 4 is 35.7 Å². The van der Waals surface area contributed by atoms with E-state index in [9.17, 15) is 0 Å². The monoisotopic (exact) mass is 364 g/mol. The largest absolute Gasteiger partial charge is 0.151 e. The molecule has 0 atom stereocenters. The lowest BCUT2D eigenvalue weighted by Crippen LogP contribution is -2.52. The fourth-order valence-electron chi connectivity index (χ4n) is 3.27. The molecule has 0 fully saturated rings. The summed E-state index contributed by atoms with van der Waals surface area (Å²) in [6.45, 7) is 0. The molecule has 0 heterocycles. The average Bonchev–Trinajstić information content (AvgIpc) is 2.76. The standard InChI is InChI=1S/C24H20N2Si/c1-4-12-20(13-5-1)25-26-23-18-10-11-19-24(23)27(21-14-6-2-7-15-21)22-16-8-3-9-17-22/h1-19,27H. The second-order valence-corrected chi connectivity index (χ2v) is 9.17. The lowest BCUT2D eigenvalue weighted by molar-refractivity contribution is 1.24. The van der Waals surface area contributed by atoms with Crippen LogP contribution in [0.5, 0.6) is 0 Å². The molecule has 130 valence electrons. The topological polar surface area (TPSA) is 24.7 Å². The van der Waals surface area contributed by atoms with Gasteiger partial charge in [-0.05, 0) is 23.4 Å². The Bertz CT molecular complexity index is 976. The highest BCUT2D eigenvalue weighted by Gasteiger charge is 2.21. The molecular formula is C24H20N2Si. The van der Waals surface area contributed by atoms with Gasteiger partial charge in [0, 0.05) is 0 Å². The molecule has 4 aromatic carbocycles. The highest BCUT2D eigenvalue weighted by Crippen LogP contribution is 2.16. The lowest BCUT2D eigenvalue weighted by Gasteiger charge is -2.18. The molecule has 0 unspecified atom stereocenters. The Balaban J connectivity index is 1.81. The van der Waals surface area contributed by atoms with Crippen LogP contribution in [0.1, 0.15) is 0 Å². The Hall–Kier alpha value is -3.30. The van der Waals surface area contributed by atoms with Gasteiger partial charge < -0.3 is 0 Å². The van der Waals surface area contributed by atoms with Crippen molar-refractivity contribution in [1.29, 1.82) is 0 Å². The third kappa shape index (κ3) is 4.10. The molecule has 0 aliphatic carbocycles. The number of nitrogens with zero attached hydrogens (tertiary/aromatic N) is 2. The Labute approximate surface area is 161 Å². The van der Waals surface area contributed by atoms with Crippen LogP contribution >= 0.6 is 0 Å². The quantitative estimate of drug-likeness (QED) is 0.286. The van der Waals surface area contributed by atoms with Gasteiger partial charge in [0.2, 0.25) is 0 Å². The number of benzene rings is 4. The van der Waals surface area contributed by atoms with Gasteiger partial charge in [-0.1, -0.05) is 107 Å². The van der Waals surface area contributed by atoms with E-state index in [0.29, 0.717) is 0 Å². The molecule has 27 heavy (non-hydrogen) atoms. The smallest absolute Gasteiger partial charge is 0.135 e. The maximum absolute atomic E-state index is 4.61. The summed E-state index contributed by atoms with van der Waals surface area (Å²) >= 11 is 0. The normalized spacial score (nSPS) is 11.1. The molecule has 0 bridgehead atoms. The summed E-state index contributed by atoms with van der Waals surface area (Å²) in [6.07, 6.45) is 0. The predicted molar refractivity (Wildman–Crippen MR) is 116 cm³/mol. The Morgan fingerprint density at radius 1 is 0.444 bits per heavy atom. The van der Waals surface area contributed by atoms with Gasteiger partial charge in [0.25, 0.3) is 0 Å². The first-order valence-corrected chi connectivity index (χ1v) is 10.8. The van der Waals surface area contributed by atoms with Crippen LogP contribution in [0.15, 0.2) is 125 Å². The Kier molecular flexibility index (Phi) is 5.32. The van der Waals surface area contributed by atoms with Crippen LogP contribution in [0, 0.1) is 0 Å². The van der Waals surface area contributed by atoms with E-state index in [-0.39, 0.29) is 0 Å². The second kappa shape index (κ2) is 8.38. The van der Waals surface area contributed by atoms with E-state index >= 15 is 0 Å². The highest BCUT2D eigenvalue weighted by atomic mass is 28.3. The van der Waals surface area contributed by atoms with Gasteiger partial charge in [-0.15, -0.1) is 0 Å². The van der Waals surface area contributed by atoms with Crippen LogP contribution < -0.4 is 15.6 Å². The van der Waals surface area contributed by atoms with Crippen molar-refractivity contribution in [2.75, 3.05) is 0 Å². The van der Waals surface area contributed by atoms with E-state index < -0.39 is 8.80 Å². The third-order valence-corrected chi connectivity index (χ3v) is 7.76. The predicted octanol–water partition coefficient (Wildman–Crippen LogP) is 4.35. The molecule has 0 aliphatic rings. The Morgan fingerprint density at radius 2 is 0.926 bits per heavy atom. The second-order valence-electron chi connectivity index (χ2n) is 6.35. The SMILES string of the molecule is c1ccc(N=Nc2ccccc2[SiH](c2ccccc2)c2ccccc2)cc1. The zero-order valence-electron chi connectivity index (χ0n) is 14.9. The molecule has 0 spiro atoms. The first-order chi connectivity index (χ1) is 13.4. The molecule has 4 aromatic rings. The van der Waals surface area contributed by atoms with Crippen molar-refractivity contribution in [3.63, 3.8) is 0 Å². The van der Waals surface area contributed by atoms with Gasteiger partial charge in [0.15, 0.2) is 0 Å². The van der Waals surface area contributed by atoms with Crippen molar-refractivity contribution in [3.05, 3.63) is 115 Å². The van der Waals surface area contributed by atoms with Gasteiger partial charge in [0.1, 0.15) is 8.80 Å². The number of azo groups is 1. The average molecular weight is 365 g/mol. The van der Waals surface area contributed by atoms with E-state index in [0.717, 1.165) is 11.4 Å².